The second-order valence-electron chi connectivity index (χ2n) is 6.08. The van der Waals surface area contributed by atoms with Crippen molar-refractivity contribution in [3.63, 3.8) is 0 Å². The minimum Gasteiger partial charge on any atom is -0.480 e. The molecule has 0 saturated heterocycles. The number of carbonyl (C=O) groups is 1. The van der Waals surface area contributed by atoms with Gasteiger partial charge in [-0.3, -0.25) is 4.79 Å². The maximum atomic E-state index is 14.4. The number of nitrogens with zero attached hydrogens (tertiary/aromatic N) is 3. The van der Waals surface area contributed by atoms with Crippen LogP contribution in [0.1, 0.15) is 28.5 Å². The van der Waals surface area contributed by atoms with Crippen molar-refractivity contribution in [2.24, 2.45) is 10.7 Å². The summed E-state index contributed by atoms with van der Waals surface area (Å²) in [6, 6.07) is 4.46. The van der Waals surface area contributed by atoms with Crippen molar-refractivity contribution in [1.29, 1.82) is 0 Å². The zero-order valence-electron chi connectivity index (χ0n) is 14.8. The van der Waals surface area contributed by atoms with Gasteiger partial charge in [0, 0.05) is 12.0 Å². The number of nitrogens with two attached hydrogens (primary N) is 2. The number of benzene rings is 1. The fourth-order valence-electron chi connectivity index (χ4n) is 2.72. The SMILES string of the molecule is COc1cnc(C(=O)Cc2ccc(F)c([C@]3(C)C=CSC(N)=N3)c2)c(N)n1. The topological polar surface area (TPSA) is 116 Å². The maximum Gasteiger partial charge on any atom is 0.234 e. The molecule has 9 heteroatoms. The number of amidine groups is 1. The summed E-state index contributed by atoms with van der Waals surface area (Å²) in [7, 11) is 1.43. The molecule has 1 aromatic heterocycles. The average Bonchev–Trinajstić information content (AvgIpc) is 2.62. The highest BCUT2D eigenvalue weighted by molar-refractivity contribution is 8.16. The zero-order valence-corrected chi connectivity index (χ0v) is 15.6. The van der Waals surface area contributed by atoms with E-state index in [9.17, 15) is 9.18 Å². The molecular formula is C18H18FN5O2S. The number of halogens is 1. The van der Waals surface area contributed by atoms with Crippen LogP contribution in [0.2, 0.25) is 0 Å². The van der Waals surface area contributed by atoms with Crippen molar-refractivity contribution in [3.8, 4) is 5.88 Å². The largest absolute Gasteiger partial charge is 0.480 e. The second-order valence-corrected chi connectivity index (χ2v) is 7.00. The van der Waals surface area contributed by atoms with Crippen molar-refractivity contribution < 1.29 is 13.9 Å². The summed E-state index contributed by atoms with van der Waals surface area (Å²) in [6.45, 7) is 1.76. The van der Waals surface area contributed by atoms with Gasteiger partial charge < -0.3 is 16.2 Å². The second kappa shape index (κ2) is 7.36. The minimum atomic E-state index is -0.933. The first-order valence-corrected chi connectivity index (χ1v) is 8.88. The van der Waals surface area contributed by atoms with Crippen LogP contribution in [0.25, 0.3) is 0 Å². The van der Waals surface area contributed by atoms with Crippen LogP contribution in [0.15, 0.2) is 40.9 Å². The molecule has 140 valence electrons. The van der Waals surface area contributed by atoms with Crippen molar-refractivity contribution in [1.82, 2.24) is 9.97 Å². The predicted octanol–water partition coefficient (Wildman–Crippen LogP) is 2.42. The van der Waals surface area contributed by atoms with Crippen molar-refractivity contribution in [2.75, 3.05) is 12.8 Å². The number of nitrogen functional groups attached to an aromatic ring is 1. The van der Waals surface area contributed by atoms with E-state index in [2.05, 4.69) is 15.0 Å². The minimum absolute atomic E-state index is 0.00771. The molecule has 7 nitrogen and oxygen atoms in total. The van der Waals surface area contributed by atoms with E-state index in [0.717, 1.165) is 0 Å². The molecule has 0 spiro atoms. The van der Waals surface area contributed by atoms with Crippen LogP contribution >= 0.6 is 11.8 Å². The number of methoxy groups -OCH3 is 1. The Balaban J connectivity index is 1.90. The Morgan fingerprint density at radius 2 is 2.15 bits per heavy atom. The molecule has 3 rings (SSSR count). The predicted molar refractivity (Wildman–Crippen MR) is 103 cm³/mol. The lowest BCUT2D eigenvalue weighted by Gasteiger charge is -2.26. The van der Waals surface area contributed by atoms with Crippen molar-refractivity contribution in [3.05, 3.63) is 58.5 Å². The van der Waals surface area contributed by atoms with Gasteiger partial charge in [0.15, 0.2) is 16.8 Å². The van der Waals surface area contributed by atoms with E-state index < -0.39 is 11.4 Å². The average molecular weight is 387 g/mol. The molecule has 2 heterocycles. The Labute approximate surface area is 159 Å². The van der Waals surface area contributed by atoms with E-state index in [1.807, 2.05) is 0 Å². The standard InChI is InChI=1S/C18H18FN5O2S/c1-18(5-6-27-17(21)24-18)11-7-10(3-4-12(11)19)8-13(25)15-16(20)23-14(26-2)9-22-15/h3-7,9H,8H2,1-2H3,(H2,20,23)(H2,21,24)/t18-/m0/s1. The molecule has 27 heavy (non-hydrogen) atoms. The van der Waals surface area contributed by atoms with E-state index in [1.165, 1.54) is 31.1 Å². The number of hydrogen-bond donors (Lipinski definition) is 2. The fourth-order valence-corrected chi connectivity index (χ4v) is 3.43. The zero-order chi connectivity index (χ0) is 19.6. The number of aliphatic imine (C=N–C) groups is 1. The van der Waals surface area contributed by atoms with Crippen LogP contribution in [-0.4, -0.2) is 28.0 Å². The number of thioether (sulfide) groups is 1. The number of ether oxygens (including phenoxy) is 1. The van der Waals surface area contributed by atoms with Gasteiger partial charge >= 0.3 is 0 Å². The molecule has 0 aliphatic carbocycles. The summed E-state index contributed by atoms with van der Waals surface area (Å²) in [4.78, 5) is 24.9. The third-order valence-corrected chi connectivity index (χ3v) is 4.72. The maximum absolute atomic E-state index is 14.4. The molecule has 0 fully saturated rings. The Morgan fingerprint density at radius 1 is 1.37 bits per heavy atom. The van der Waals surface area contributed by atoms with Gasteiger partial charge in [0.1, 0.15) is 17.1 Å². The number of carbonyl (C=O) groups excluding carboxylic acids is 1. The molecule has 1 aromatic carbocycles. The van der Waals surface area contributed by atoms with Crippen LogP contribution in [0.5, 0.6) is 5.88 Å². The first kappa shape index (κ1) is 18.8. The lowest BCUT2D eigenvalue weighted by atomic mass is 9.90. The summed E-state index contributed by atoms with van der Waals surface area (Å²) in [6.07, 6.45) is 3.08. The van der Waals surface area contributed by atoms with Crippen molar-refractivity contribution in [2.45, 2.75) is 18.9 Å². The summed E-state index contributed by atoms with van der Waals surface area (Å²) in [5.74, 6) is -0.551. The molecule has 1 aliphatic rings. The number of anilines is 1. The summed E-state index contributed by atoms with van der Waals surface area (Å²) < 4.78 is 19.4. The molecule has 0 unspecified atom stereocenters. The highest BCUT2D eigenvalue weighted by atomic mass is 32.2. The smallest absolute Gasteiger partial charge is 0.234 e. The quantitative estimate of drug-likeness (QED) is 0.757. The Morgan fingerprint density at radius 3 is 2.81 bits per heavy atom. The molecule has 0 amide bonds. The highest BCUT2D eigenvalue weighted by Crippen LogP contribution is 2.34. The van der Waals surface area contributed by atoms with Gasteiger partial charge in [-0.05, 0) is 36.1 Å². The van der Waals surface area contributed by atoms with Crippen LogP contribution < -0.4 is 16.2 Å². The number of rotatable bonds is 5. The Hall–Kier alpha value is -2.94. The first-order chi connectivity index (χ1) is 12.8. The van der Waals surface area contributed by atoms with E-state index in [0.29, 0.717) is 16.3 Å². The van der Waals surface area contributed by atoms with Gasteiger partial charge in [-0.15, -0.1) is 0 Å². The highest BCUT2D eigenvalue weighted by Gasteiger charge is 2.29. The fraction of sp³-hybridized carbons (Fsp3) is 0.222. The van der Waals surface area contributed by atoms with Gasteiger partial charge in [-0.2, -0.15) is 4.98 Å². The van der Waals surface area contributed by atoms with Crippen LogP contribution in [0.3, 0.4) is 0 Å². The summed E-state index contributed by atoms with van der Waals surface area (Å²) in [5.41, 5.74) is 11.6. The van der Waals surface area contributed by atoms with E-state index in [1.54, 1.807) is 30.5 Å². The third kappa shape index (κ3) is 3.92. The van der Waals surface area contributed by atoms with E-state index in [-0.39, 0.29) is 29.6 Å². The monoisotopic (exact) mass is 387 g/mol. The van der Waals surface area contributed by atoms with Gasteiger partial charge in [-0.1, -0.05) is 17.8 Å². The lowest BCUT2D eigenvalue weighted by Crippen LogP contribution is -2.25. The molecule has 0 radical (unpaired) electrons. The number of Topliss-reactive ketones (excluding diaryl/α,β-unsaturated/α-hetero) is 1. The summed E-state index contributed by atoms with van der Waals surface area (Å²) >= 11 is 1.27. The van der Waals surface area contributed by atoms with Crippen LogP contribution in [0.4, 0.5) is 10.2 Å². The molecule has 1 aliphatic heterocycles. The molecule has 1 atom stereocenters. The molecular weight excluding hydrogens is 369 g/mol. The Bertz CT molecular complexity index is 963. The van der Waals surface area contributed by atoms with Gasteiger partial charge in [0.25, 0.3) is 0 Å². The number of hydrogen-bond acceptors (Lipinski definition) is 8. The molecule has 0 saturated carbocycles. The van der Waals surface area contributed by atoms with E-state index in [4.69, 9.17) is 16.2 Å². The molecule has 4 N–H and O–H groups in total. The van der Waals surface area contributed by atoms with Gasteiger partial charge in [0.2, 0.25) is 5.88 Å². The molecule has 2 aromatic rings. The van der Waals surface area contributed by atoms with E-state index >= 15 is 0 Å². The normalized spacial score (nSPS) is 18.9. The van der Waals surface area contributed by atoms with Crippen molar-refractivity contribution >= 4 is 28.5 Å². The molecule has 0 bridgehead atoms. The third-order valence-electron chi connectivity index (χ3n) is 4.12. The lowest BCUT2D eigenvalue weighted by molar-refractivity contribution is 0.0988. The Kier molecular flexibility index (Phi) is 5.13. The van der Waals surface area contributed by atoms with Gasteiger partial charge in [-0.25, -0.2) is 14.4 Å². The number of ketones is 1. The van der Waals surface area contributed by atoms with Crippen LogP contribution in [-0.2, 0) is 12.0 Å². The van der Waals surface area contributed by atoms with Crippen LogP contribution in [0, 0.1) is 5.82 Å². The first-order valence-electron chi connectivity index (χ1n) is 8.00. The summed E-state index contributed by atoms with van der Waals surface area (Å²) in [5, 5.41) is 2.12. The number of aromatic nitrogens is 2. The van der Waals surface area contributed by atoms with Gasteiger partial charge in [0.05, 0.1) is 13.3 Å².